The van der Waals surface area contributed by atoms with Crippen molar-refractivity contribution in [1.82, 2.24) is 19.5 Å². The molecule has 9 nitrogen and oxygen atoms in total. The predicted molar refractivity (Wildman–Crippen MR) is 95.5 cm³/mol. The highest BCUT2D eigenvalue weighted by Crippen LogP contribution is 2.24. The number of imidazole rings is 1. The van der Waals surface area contributed by atoms with Gasteiger partial charge in [0, 0.05) is 12.3 Å². The fourth-order valence-electron chi connectivity index (χ4n) is 2.41. The molecule has 2 heterocycles. The Bertz CT molecular complexity index is 958. The maximum absolute atomic E-state index is 12.0. The zero-order valence-electron chi connectivity index (χ0n) is 13.1. The average Bonchev–Trinajstić information content (AvgIpc) is 2.92. The number of nitrogens with zero attached hydrogens (tertiary/aromatic N) is 3. The standard InChI is InChI=1S/C14H16BN5O4S/c16-13-18-11-10(12(22)19-13)17-14(20(11)4-5-21)25-7-8-2-1-3-9(6-8)15(23)24/h1-3,6,21,23-24H,4-5,7H2,(H3,16,18,19,22). The highest BCUT2D eigenvalue weighted by molar-refractivity contribution is 7.98. The molecule has 0 saturated carbocycles. The van der Waals surface area contributed by atoms with Crippen molar-refractivity contribution in [2.45, 2.75) is 17.5 Å². The molecule has 0 atom stereocenters. The summed E-state index contributed by atoms with van der Waals surface area (Å²) in [5.74, 6) is 0.473. The fraction of sp³-hybridized carbons (Fsp3) is 0.214. The number of hydrogen-bond donors (Lipinski definition) is 5. The Hall–Kier alpha value is -2.34. The Morgan fingerprint density at radius 3 is 2.84 bits per heavy atom. The number of aromatic amines is 1. The van der Waals surface area contributed by atoms with E-state index in [-0.39, 0.29) is 24.6 Å². The summed E-state index contributed by atoms with van der Waals surface area (Å²) in [4.78, 5) is 22.8. The molecule has 0 radical (unpaired) electrons. The fourth-order valence-corrected chi connectivity index (χ4v) is 3.38. The van der Waals surface area contributed by atoms with Gasteiger partial charge in [-0.15, -0.1) is 0 Å². The number of nitrogens with one attached hydrogen (secondary N) is 1. The molecule has 0 aliphatic rings. The van der Waals surface area contributed by atoms with Crippen LogP contribution in [0.5, 0.6) is 0 Å². The van der Waals surface area contributed by atoms with Crippen LogP contribution < -0.4 is 16.8 Å². The van der Waals surface area contributed by atoms with E-state index in [0.717, 1.165) is 5.56 Å². The van der Waals surface area contributed by atoms with Gasteiger partial charge in [0.25, 0.3) is 5.56 Å². The topological polar surface area (TPSA) is 150 Å². The van der Waals surface area contributed by atoms with Crippen molar-refractivity contribution < 1.29 is 15.2 Å². The number of anilines is 1. The molecule has 130 valence electrons. The van der Waals surface area contributed by atoms with E-state index in [2.05, 4.69) is 15.0 Å². The summed E-state index contributed by atoms with van der Waals surface area (Å²) >= 11 is 1.34. The summed E-state index contributed by atoms with van der Waals surface area (Å²) < 4.78 is 1.64. The molecule has 3 aromatic rings. The van der Waals surface area contributed by atoms with Crippen molar-refractivity contribution in [3.8, 4) is 0 Å². The lowest BCUT2D eigenvalue weighted by atomic mass is 9.80. The van der Waals surface area contributed by atoms with Gasteiger partial charge in [0.15, 0.2) is 16.3 Å². The van der Waals surface area contributed by atoms with Gasteiger partial charge in [-0.25, -0.2) is 4.98 Å². The number of hydrogen-bond acceptors (Lipinski definition) is 8. The Labute approximate surface area is 146 Å². The number of aliphatic hydroxyl groups excluding tert-OH is 1. The summed E-state index contributed by atoms with van der Waals surface area (Å²) in [5.41, 5.74) is 6.88. The molecule has 0 aliphatic heterocycles. The van der Waals surface area contributed by atoms with Crippen molar-refractivity contribution in [1.29, 1.82) is 0 Å². The first-order chi connectivity index (χ1) is 12.0. The summed E-state index contributed by atoms with van der Waals surface area (Å²) in [6, 6.07) is 6.88. The zero-order valence-corrected chi connectivity index (χ0v) is 13.9. The van der Waals surface area contributed by atoms with E-state index in [9.17, 15) is 19.9 Å². The molecule has 0 amide bonds. The molecule has 0 saturated heterocycles. The lowest BCUT2D eigenvalue weighted by Gasteiger charge is -2.07. The Morgan fingerprint density at radius 1 is 1.32 bits per heavy atom. The van der Waals surface area contributed by atoms with Crippen LogP contribution in [0, 0.1) is 0 Å². The predicted octanol–water partition coefficient (Wildman–Crippen LogP) is -1.33. The second kappa shape index (κ2) is 7.27. The van der Waals surface area contributed by atoms with Crippen LogP contribution in [-0.4, -0.2) is 48.4 Å². The molecule has 0 spiro atoms. The van der Waals surface area contributed by atoms with Crippen molar-refractivity contribution in [3.05, 3.63) is 40.2 Å². The molecule has 2 aromatic heterocycles. The molecule has 6 N–H and O–H groups in total. The normalized spacial score (nSPS) is 11.2. The molecule has 0 bridgehead atoms. The number of thioether (sulfide) groups is 1. The van der Waals surface area contributed by atoms with Crippen LogP contribution in [0.3, 0.4) is 0 Å². The van der Waals surface area contributed by atoms with Gasteiger partial charge in [0.05, 0.1) is 6.61 Å². The van der Waals surface area contributed by atoms with Gasteiger partial charge in [-0.05, 0) is 11.0 Å². The van der Waals surface area contributed by atoms with Gasteiger partial charge < -0.3 is 25.5 Å². The van der Waals surface area contributed by atoms with Crippen molar-refractivity contribution in [2.75, 3.05) is 12.3 Å². The second-order valence-corrected chi connectivity index (χ2v) is 6.24. The molecule has 0 aliphatic carbocycles. The number of fused-ring (bicyclic) bond motifs is 1. The molecule has 3 rings (SSSR count). The summed E-state index contributed by atoms with van der Waals surface area (Å²) in [6.07, 6.45) is 0. The maximum atomic E-state index is 12.0. The van der Waals surface area contributed by atoms with Crippen LogP contribution >= 0.6 is 11.8 Å². The van der Waals surface area contributed by atoms with Gasteiger partial charge in [0.1, 0.15) is 0 Å². The van der Waals surface area contributed by atoms with Crippen LogP contribution in [0.15, 0.2) is 34.2 Å². The van der Waals surface area contributed by atoms with Crippen LogP contribution in [0.1, 0.15) is 5.56 Å². The third kappa shape index (κ3) is 3.69. The number of nitrogen functional groups attached to an aromatic ring is 1. The highest BCUT2D eigenvalue weighted by atomic mass is 32.2. The first-order valence-electron chi connectivity index (χ1n) is 7.44. The van der Waals surface area contributed by atoms with E-state index in [1.807, 2.05) is 6.07 Å². The van der Waals surface area contributed by atoms with E-state index >= 15 is 0 Å². The molecule has 11 heteroatoms. The lowest BCUT2D eigenvalue weighted by molar-refractivity contribution is 0.273. The summed E-state index contributed by atoms with van der Waals surface area (Å²) in [6.45, 7) is 0.0870. The van der Waals surface area contributed by atoms with E-state index in [4.69, 9.17) is 5.73 Å². The van der Waals surface area contributed by atoms with E-state index in [1.54, 1.807) is 22.8 Å². The van der Waals surface area contributed by atoms with Crippen molar-refractivity contribution >= 4 is 41.5 Å². The first kappa shape index (κ1) is 17.5. The first-order valence-corrected chi connectivity index (χ1v) is 8.43. The minimum Gasteiger partial charge on any atom is -0.423 e. The number of rotatable bonds is 6. The van der Waals surface area contributed by atoms with Gasteiger partial charge in [-0.2, -0.15) is 4.98 Å². The SMILES string of the molecule is Nc1nc2c(nc(SCc3cccc(B(O)O)c3)n2CCO)c(=O)[nH]1. The minimum atomic E-state index is -1.53. The summed E-state index contributed by atoms with van der Waals surface area (Å²) in [7, 11) is -1.53. The molecule has 1 aromatic carbocycles. The number of benzene rings is 1. The van der Waals surface area contributed by atoms with Crippen molar-refractivity contribution in [2.24, 2.45) is 0 Å². The van der Waals surface area contributed by atoms with E-state index < -0.39 is 12.7 Å². The van der Waals surface area contributed by atoms with Gasteiger partial charge in [0.2, 0.25) is 5.95 Å². The van der Waals surface area contributed by atoms with Crippen LogP contribution in [0.25, 0.3) is 11.2 Å². The summed E-state index contributed by atoms with van der Waals surface area (Å²) in [5, 5.41) is 28.3. The largest absolute Gasteiger partial charge is 0.488 e. The highest BCUT2D eigenvalue weighted by Gasteiger charge is 2.16. The van der Waals surface area contributed by atoms with Gasteiger partial charge in [-0.1, -0.05) is 36.0 Å². The number of aromatic nitrogens is 4. The average molecular weight is 361 g/mol. The number of nitrogens with two attached hydrogens (primary N) is 1. The monoisotopic (exact) mass is 361 g/mol. The quantitative estimate of drug-likeness (QED) is 0.268. The van der Waals surface area contributed by atoms with Gasteiger partial charge in [-0.3, -0.25) is 9.78 Å². The second-order valence-electron chi connectivity index (χ2n) is 5.30. The third-order valence-corrected chi connectivity index (χ3v) is 4.58. The third-order valence-electron chi connectivity index (χ3n) is 3.53. The number of aliphatic hydroxyl groups is 1. The van der Waals surface area contributed by atoms with Gasteiger partial charge >= 0.3 is 7.12 Å². The molecular formula is C14H16BN5O4S. The Kier molecular flexibility index (Phi) is 5.09. The molecule has 0 fully saturated rings. The maximum Gasteiger partial charge on any atom is 0.488 e. The van der Waals surface area contributed by atoms with Crippen LogP contribution in [-0.2, 0) is 12.3 Å². The van der Waals surface area contributed by atoms with Crippen LogP contribution in [0.4, 0.5) is 5.95 Å². The minimum absolute atomic E-state index is 0.0159. The van der Waals surface area contributed by atoms with E-state index in [1.165, 1.54) is 11.8 Å². The van der Waals surface area contributed by atoms with Crippen molar-refractivity contribution in [3.63, 3.8) is 0 Å². The Balaban J connectivity index is 1.93. The lowest BCUT2D eigenvalue weighted by Crippen LogP contribution is -2.29. The molecule has 0 unspecified atom stereocenters. The molecule has 25 heavy (non-hydrogen) atoms. The van der Waals surface area contributed by atoms with E-state index in [0.29, 0.717) is 22.0 Å². The molecular weight excluding hydrogens is 345 g/mol. The Morgan fingerprint density at radius 2 is 2.12 bits per heavy atom. The van der Waals surface area contributed by atoms with Crippen LogP contribution in [0.2, 0.25) is 0 Å². The number of H-pyrrole nitrogens is 1. The zero-order chi connectivity index (χ0) is 18.0. The smallest absolute Gasteiger partial charge is 0.423 e.